The Bertz CT molecular complexity index is 1790. The van der Waals surface area contributed by atoms with Crippen molar-refractivity contribution in [2.45, 2.75) is 284 Å². The Morgan fingerprint density at radius 2 is 0.568 bits per heavy atom. The second kappa shape index (κ2) is 35.0. The van der Waals surface area contributed by atoms with Crippen molar-refractivity contribution in [1.29, 1.82) is 0 Å². The topological polar surface area (TPSA) is 296 Å². The fraction of sp³-hybridized carbons (Fsp3) is 0.815. The predicted octanol–water partition coefficient (Wildman–Crippen LogP) is 7.82. The average molecular weight is 1060 g/mol. The van der Waals surface area contributed by atoms with Crippen LogP contribution < -0.4 is 21.3 Å². The van der Waals surface area contributed by atoms with E-state index in [4.69, 9.17) is 24.1 Å². The summed E-state index contributed by atoms with van der Waals surface area (Å²) >= 11 is 0. The minimum Gasteiger partial charge on any atom is -0.481 e. The van der Waals surface area contributed by atoms with Crippen LogP contribution in [-0.2, 0) is 66.9 Å². The van der Waals surface area contributed by atoms with E-state index in [9.17, 15) is 53.1 Å². The summed E-state index contributed by atoms with van der Waals surface area (Å²) in [6, 6.07) is -5.43. The highest BCUT2D eigenvalue weighted by molar-refractivity contribution is 5.89. The summed E-state index contributed by atoms with van der Waals surface area (Å²) in [7, 11) is 0. The fourth-order valence-electron chi connectivity index (χ4n) is 7.35. The molecule has 6 N–H and O–H groups in total. The van der Waals surface area contributed by atoms with Gasteiger partial charge in [0.2, 0.25) is 23.6 Å². The number of unbranched alkanes of at least 4 members (excludes halogenated alkanes) is 13. The third-order valence-corrected chi connectivity index (χ3v) is 10.8. The number of carbonyl (C=O) groups is 10. The minimum atomic E-state index is -1.50. The molecule has 0 radical (unpaired) electrons. The number of carboxylic acid groups (broad SMARTS) is 2. The van der Waals surface area contributed by atoms with Gasteiger partial charge in [0, 0.05) is 38.5 Å². The van der Waals surface area contributed by atoms with Crippen LogP contribution in [0.15, 0.2) is 0 Å². The number of carbonyl (C=O) groups excluding carboxylic acids is 8. The highest BCUT2D eigenvalue weighted by Gasteiger charge is 2.32. The van der Waals surface area contributed by atoms with Crippen LogP contribution >= 0.6 is 0 Å². The summed E-state index contributed by atoms with van der Waals surface area (Å²) in [5.74, 6) is -7.96. The van der Waals surface area contributed by atoms with E-state index >= 15 is 0 Å². The van der Waals surface area contributed by atoms with E-state index in [0.29, 0.717) is 12.8 Å². The third-order valence-electron chi connectivity index (χ3n) is 10.8. The van der Waals surface area contributed by atoms with Gasteiger partial charge in [-0.15, -0.1) is 0 Å². The minimum absolute atomic E-state index is 0.127. The van der Waals surface area contributed by atoms with Gasteiger partial charge in [0.05, 0.1) is 0 Å². The zero-order valence-electron chi connectivity index (χ0n) is 46.9. The van der Waals surface area contributed by atoms with Crippen molar-refractivity contribution in [2.75, 3.05) is 0 Å². The summed E-state index contributed by atoms with van der Waals surface area (Å²) < 4.78 is 21.9. The monoisotopic (exact) mass is 1050 g/mol. The molecule has 0 unspecified atom stereocenters. The third kappa shape index (κ3) is 39.2. The van der Waals surface area contributed by atoms with E-state index in [1.165, 1.54) is 32.1 Å². The molecule has 0 heterocycles. The Kier molecular flexibility index (Phi) is 32.5. The van der Waals surface area contributed by atoms with Gasteiger partial charge in [0.1, 0.15) is 46.6 Å². The highest BCUT2D eigenvalue weighted by Crippen LogP contribution is 2.18. The number of ether oxygens (including phenoxy) is 4. The van der Waals surface area contributed by atoms with E-state index in [0.717, 1.165) is 51.4 Å². The molecular formula is C54H94N4O16. The molecule has 0 aromatic carbocycles. The Balaban J connectivity index is 5.31. The van der Waals surface area contributed by atoms with E-state index in [1.807, 2.05) is 20.8 Å². The first-order chi connectivity index (χ1) is 34.2. The molecule has 0 aliphatic carbocycles. The van der Waals surface area contributed by atoms with Crippen LogP contribution in [0.1, 0.15) is 237 Å². The normalized spacial score (nSPS) is 13.5. The maximum atomic E-state index is 13.4. The molecule has 0 saturated carbocycles. The van der Waals surface area contributed by atoms with Gasteiger partial charge >= 0.3 is 35.8 Å². The molecule has 4 amide bonds. The van der Waals surface area contributed by atoms with Crippen LogP contribution in [0, 0.1) is 0 Å². The lowest BCUT2D eigenvalue weighted by Crippen LogP contribution is -2.48. The van der Waals surface area contributed by atoms with E-state index in [1.54, 1.807) is 62.3 Å². The molecule has 0 fully saturated rings. The number of rotatable bonds is 37. The summed E-state index contributed by atoms with van der Waals surface area (Å²) in [6.07, 6.45) is 12.6. The number of nitrogens with one attached hydrogen (secondary N) is 4. The average Bonchev–Trinajstić information content (AvgIpc) is 3.23. The van der Waals surface area contributed by atoms with Crippen LogP contribution in [0.25, 0.3) is 0 Å². The van der Waals surface area contributed by atoms with Gasteiger partial charge in [-0.05, 0) is 122 Å². The van der Waals surface area contributed by atoms with E-state index in [2.05, 4.69) is 21.3 Å². The quantitative estimate of drug-likeness (QED) is 0.0196. The predicted molar refractivity (Wildman–Crippen MR) is 277 cm³/mol. The van der Waals surface area contributed by atoms with Gasteiger partial charge in [-0.1, -0.05) is 77.0 Å². The number of aliphatic carboxylic acids is 2. The maximum absolute atomic E-state index is 13.4. The summed E-state index contributed by atoms with van der Waals surface area (Å²) in [5, 5.41) is 28.4. The van der Waals surface area contributed by atoms with Gasteiger partial charge in [0.25, 0.3) is 0 Å². The second-order valence-electron chi connectivity index (χ2n) is 23.0. The summed E-state index contributed by atoms with van der Waals surface area (Å²) in [4.78, 5) is 127. The number of hydrogen-bond donors (Lipinski definition) is 6. The molecule has 0 aromatic rings. The molecule has 4 atom stereocenters. The molecule has 0 rings (SSSR count). The fourth-order valence-corrected chi connectivity index (χ4v) is 7.35. The standard InChI is InChI=1S/C54H94N4O16/c1-51(2,3)71-46(65)28-26-24-22-20-18-16-14-13-15-17-19-21-23-25-27-41(59)56-38(48(68)72-52(4,5)6)30-34-43(61)58-40(50(70)74-54(10,11)12)31-35-44(62)57-39(49(69)73-53(7,8)9)29-33-42(60)55-37(47(66)67)32-36-45(63)64/h37-40H,13-36H2,1-12H3,(H,55,60)(H,56,59)(H,57,62)(H,58,61)(H,63,64)(H,66,67)/t37-,38-,39-,40-/m0/s1. The molecule has 20 nitrogen and oxygen atoms in total. The lowest BCUT2D eigenvalue weighted by atomic mass is 10.0. The van der Waals surface area contributed by atoms with Crippen LogP contribution in [0.2, 0.25) is 0 Å². The van der Waals surface area contributed by atoms with Crippen LogP contribution in [0.4, 0.5) is 0 Å². The first-order valence-corrected chi connectivity index (χ1v) is 26.7. The molecule has 0 aliphatic heterocycles. The molecule has 426 valence electrons. The van der Waals surface area contributed by atoms with Crippen molar-refractivity contribution >= 4 is 59.4 Å². The largest absolute Gasteiger partial charge is 0.481 e. The van der Waals surface area contributed by atoms with Crippen LogP contribution in [0.3, 0.4) is 0 Å². The number of esters is 4. The molecule has 20 heteroatoms. The van der Waals surface area contributed by atoms with Crippen molar-refractivity contribution in [3.05, 3.63) is 0 Å². The lowest BCUT2D eigenvalue weighted by Gasteiger charge is -2.26. The van der Waals surface area contributed by atoms with Crippen molar-refractivity contribution in [3.8, 4) is 0 Å². The van der Waals surface area contributed by atoms with Gasteiger partial charge in [0.15, 0.2) is 0 Å². The van der Waals surface area contributed by atoms with Crippen LogP contribution in [-0.4, -0.2) is 116 Å². The smallest absolute Gasteiger partial charge is 0.329 e. The SMILES string of the molecule is CC(C)(C)OC(=O)CCCCCCCCCCCCCCCCC(=O)N[C@@H](CCC(=O)N[C@@H](CCC(=O)N[C@@H](CCC(=O)N[C@@H](CCC(=O)O)C(=O)O)C(=O)OC(C)(C)C)C(=O)OC(C)(C)C)C(=O)OC(C)(C)C. The Hall–Kier alpha value is -5.30. The Morgan fingerprint density at radius 1 is 0.324 bits per heavy atom. The first-order valence-electron chi connectivity index (χ1n) is 26.7. The molecule has 0 bridgehead atoms. The zero-order chi connectivity index (χ0) is 56.7. The lowest BCUT2D eigenvalue weighted by molar-refractivity contribution is -0.160. The summed E-state index contributed by atoms with van der Waals surface area (Å²) in [6.45, 7) is 20.3. The van der Waals surface area contributed by atoms with Crippen molar-refractivity contribution in [3.63, 3.8) is 0 Å². The van der Waals surface area contributed by atoms with Gasteiger partial charge in [-0.2, -0.15) is 0 Å². The zero-order valence-corrected chi connectivity index (χ0v) is 46.9. The molecular weight excluding hydrogens is 961 g/mol. The Labute approximate surface area is 440 Å². The van der Waals surface area contributed by atoms with E-state index in [-0.39, 0.29) is 50.4 Å². The molecule has 0 aromatic heterocycles. The maximum Gasteiger partial charge on any atom is 0.329 e. The summed E-state index contributed by atoms with van der Waals surface area (Å²) in [5.41, 5.74) is -3.31. The number of carboxylic acids is 2. The van der Waals surface area contributed by atoms with Gasteiger partial charge in [-0.3, -0.25) is 28.8 Å². The van der Waals surface area contributed by atoms with Crippen molar-refractivity contribution in [2.24, 2.45) is 0 Å². The van der Waals surface area contributed by atoms with Crippen molar-refractivity contribution < 1.29 is 77.1 Å². The molecule has 74 heavy (non-hydrogen) atoms. The molecule has 0 spiro atoms. The molecule has 0 aliphatic rings. The first kappa shape index (κ1) is 68.7. The number of hydrogen-bond acceptors (Lipinski definition) is 14. The molecule has 0 saturated heterocycles. The highest BCUT2D eigenvalue weighted by atomic mass is 16.6. The number of amides is 4. The van der Waals surface area contributed by atoms with E-state index < -0.39 is 113 Å². The van der Waals surface area contributed by atoms with Gasteiger partial charge in [-0.25, -0.2) is 19.2 Å². The second-order valence-corrected chi connectivity index (χ2v) is 23.0. The van der Waals surface area contributed by atoms with Crippen molar-refractivity contribution in [1.82, 2.24) is 21.3 Å². The van der Waals surface area contributed by atoms with Gasteiger partial charge < -0.3 is 50.4 Å². The van der Waals surface area contributed by atoms with Crippen LogP contribution in [0.5, 0.6) is 0 Å². The Morgan fingerprint density at radius 3 is 0.838 bits per heavy atom.